The minimum Gasteiger partial charge on any atom is -0.493 e. The summed E-state index contributed by atoms with van der Waals surface area (Å²) in [6, 6.07) is 13.0. The second-order valence-corrected chi connectivity index (χ2v) is 4.63. The van der Waals surface area contributed by atoms with Crippen LogP contribution in [0.15, 0.2) is 48.7 Å². The molecule has 0 aromatic heterocycles. The summed E-state index contributed by atoms with van der Waals surface area (Å²) in [7, 11) is 3.01. The molecule has 0 saturated carbocycles. The summed E-state index contributed by atoms with van der Waals surface area (Å²) in [6.07, 6.45) is 2.24. The molecule has 0 amide bonds. The maximum absolute atomic E-state index is 10.5. The summed E-state index contributed by atoms with van der Waals surface area (Å²) in [5.74, 6) is 1.35. The zero-order valence-corrected chi connectivity index (χ0v) is 12.9. The number of ether oxygens (including phenoxy) is 3. The van der Waals surface area contributed by atoms with E-state index in [4.69, 9.17) is 14.2 Å². The van der Waals surface area contributed by atoms with E-state index in [1.54, 1.807) is 12.1 Å². The quantitative estimate of drug-likeness (QED) is 0.577. The molecular weight excluding hydrogens is 298 g/mol. The number of rotatable bonds is 7. The maximum atomic E-state index is 10.5. The molecule has 0 bridgehead atoms. The predicted octanol–water partition coefficient (Wildman–Crippen LogP) is 3.53. The molecule has 2 aromatic carbocycles. The van der Waals surface area contributed by atoms with Crippen molar-refractivity contribution in [1.29, 1.82) is 0 Å². The molecule has 0 aliphatic heterocycles. The fraction of sp³-hybridized carbons (Fsp3) is 0.176. The summed E-state index contributed by atoms with van der Waals surface area (Å²) < 4.78 is 16.4. The summed E-state index contributed by atoms with van der Waals surface area (Å²) in [4.78, 5) is 9.95. The standard InChI is InChI=1S/C17H17NO5/c1-21-15-10-14(8-9-18(19)20)11-16(17(15)22-2)23-12-13-6-4-3-5-7-13/h3-11H,12H2,1-2H3. The summed E-state index contributed by atoms with van der Waals surface area (Å²) in [6.45, 7) is 0.350. The van der Waals surface area contributed by atoms with Crippen LogP contribution in [0.5, 0.6) is 17.2 Å². The number of nitrogens with zero attached hydrogens (tertiary/aromatic N) is 1. The van der Waals surface area contributed by atoms with Gasteiger partial charge in [-0.3, -0.25) is 10.1 Å². The van der Waals surface area contributed by atoms with Crippen molar-refractivity contribution in [2.45, 2.75) is 6.61 Å². The van der Waals surface area contributed by atoms with Crippen LogP contribution in [0, 0.1) is 10.1 Å². The van der Waals surface area contributed by atoms with Crippen molar-refractivity contribution in [3.63, 3.8) is 0 Å². The monoisotopic (exact) mass is 315 g/mol. The van der Waals surface area contributed by atoms with E-state index in [9.17, 15) is 10.1 Å². The molecule has 0 spiro atoms. The third-order valence-electron chi connectivity index (χ3n) is 3.09. The van der Waals surface area contributed by atoms with Crippen LogP contribution in [-0.2, 0) is 6.61 Å². The number of benzene rings is 2. The highest BCUT2D eigenvalue weighted by Crippen LogP contribution is 2.39. The van der Waals surface area contributed by atoms with Crippen molar-refractivity contribution in [3.05, 3.63) is 69.9 Å². The van der Waals surface area contributed by atoms with Crippen LogP contribution in [0.4, 0.5) is 0 Å². The highest BCUT2D eigenvalue weighted by Gasteiger charge is 2.13. The van der Waals surface area contributed by atoms with E-state index in [0.717, 1.165) is 11.8 Å². The van der Waals surface area contributed by atoms with Gasteiger partial charge in [-0.25, -0.2) is 0 Å². The van der Waals surface area contributed by atoms with Gasteiger partial charge < -0.3 is 14.2 Å². The van der Waals surface area contributed by atoms with Crippen molar-refractivity contribution >= 4 is 6.08 Å². The SMILES string of the molecule is COc1cc(C=C[N+](=O)[O-])cc(OCc2ccccc2)c1OC. The summed E-state index contributed by atoms with van der Waals surface area (Å²) in [5.41, 5.74) is 1.59. The molecular formula is C17H17NO5. The molecule has 2 aromatic rings. The Balaban J connectivity index is 2.30. The smallest absolute Gasteiger partial charge is 0.235 e. The van der Waals surface area contributed by atoms with Crippen LogP contribution in [0.25, 0.3) is 6.08 Å². The highest BCUT2D eigenvalue weighted by atomic mass is 16.6. The van der Waals surface area contributed by atoms with E-state index in [-0.39, 0.29) is 0 Å². The lowest BCUT2D eigenvalue weighted by Gasteiger charge is -2.15. The lowest BCUT2D eigenvalue weighted by molar-refractivity contribution is -0.400. The zero-order valence-electron chi connectivity index (χ0n) is 12.9. The van der Waals surface area contributed by atoms with Crippen LogP contribution >= 0.6 is 0 Å². The highest BCUT2D eigenvalue weighted by molar-refractivity contribution is 5.61. The zero-order chi connectivity index (χ0) is 16.7. The molecule has 0 radical (unpaired) electrons. The minimum absolute atomic E-state index is 0.350. The van der Waals surface area contributed by atoms with Gasteiger partial charge in [0, 0.05) is 6.08 Å². The van der Waals surface area contributed by atoms with Gasteiger partial charge in [0.15, 0.2) is 11.5 Å². The van der Waals surface area contributed by atoms with Crippen LogP contribution in [0.3, 0.4) is 0 Å². The molecule has 0 N–H and O–H groups in total. The van der Waals surface area contributed by atoms with Gasteiger partial charge in [-0.05, 0) is 23.3 Å². The Morgan fingerprint density at radius 2 is 1.78 bits per heavy atom. The maximum Gasteiger partial charge on any atom is 0.235 e. The molecule has 6 nitrogen and oxygen atoms in total. The molecule has 0 aliphatic carbocycles. The van der Waals surface area contributed by atoms with Gasteiger partial charge in [-0.1, -0.05) is 30.3 Å². The molecule has 0 atom stereocenters. The average molecular weight is 315 g/mol. The Morgan fingerprint density at radius 1 is 1.09 bits per heavy atom. The van der Waals surface area contributed by atoms with Gasteiger partial charge in [-0.2, -0.15) is 0 Å². The second kappa shape index (κ2) is 7.84. The fourth-order valence-electron chi connectivity index (χ4n) is 2.04. The van der Waals surface area contributed by atoms with Crippen LogP contribution in [0.2, 0.25) is 0 Å². The van der Waals surface area contributed by atoms with Crippen molar-refractivity contribution in [1.82, 2.24) is 0 Å². The van der Waals surface area contributed by atoms with Gasteiger partial charge in [0.2, 0.25) is 11.9 Å². The lowest BCUT2D eigenvalue weighted by atomic mass is 10.1. The third kappa shape index (κ3) is 4.47. The van der Waals surface area contributed by atoms with E-state index < -0.39 is 4.92 Å². The van der Waals surface area contributed by atoms with E-state index in [1.165, 1.54) is 20.3 Å². The van der Waals surface area contributed by atoms with Crippen molar-refractivity contribution in [3.8, 4) is 17.2 Å². The average Bonchev–Trinajstić information content (AvgIpc) is 2.58. The number of methoxy groups -OCH3 is 2. The first-order valence-electron chi connectivity index (χ1n) is 6.88. The fourth-order valence-corrected chi connectivity index (χ4v) is 2.04. The number of hydrogen-bond acceptors (Lipinski definition) is 5. The van der Waals surface area contributed by atoms with Crippen molar-refractivity contribution in [2.75, 3.05) is 14.2 Å². The Bertz CT molecular complexity index is 698. The first-order chi connectivity index (χ1) is 11.1. The van der Waals surface area contributed by atoms with Crippen molar-refractivity contribution < 1.29 is 19.1 Å². The molecule has 0 aliphatic rings. The normalized spacial score (nSPS) is 10.5. The first kappa shape index (κ1) is 16.4. The molecule has 23 heavy (non-hydrogen) atoms. The summed E-state index contributed by atoms with van der Waals surface area (Å²) >= 11 is 0. The summed E-state index contributed by atoms with van der Waals surface area (Å²) in [5, 5.41) is 10.5. The Labute approximate surface area is 134 Å². The predicted molar refractivity (Wildman–Crippen MR) is 86.3 cm³/mol. The lowest BCUT2D eigenvalue weighted by Crippen LogP contribution is -2.00. The van der Waals surface area contributed by atoms with Gasteiger partial charge >= 0.3 is 0 Å². The van der Waals surface area contributed by atoms with Gasteiger partial charge in [0.1, 0.15) is 6.61 Å². The van der Waals surface area contributed by atoms with Crippen LogP contribution < -0.4 is 14.2 Å². The second-order valence-electron chi connectivity index (χ2n) is 4.63. The Hall–Kier alpha value is -3.02. The van der Waals surface area contributed by atoms with E-state index in [2.05, 4.69) is 0 Å². The first-order valence-corrected chi connectivity index (χ1v) is 6.88. The molecule has 0 saturated heterocycles. The largest absolute Gasteiger partial charge is 0.493 e. The molecule has 6 heteroatoms. The minimum atomic E-state index is -0.527. The van der Waals surface area contributed by atoms with Gasteiger partial charge in [0.25, 0.3) is 0 Å². The van der Waals surface area contributed by atoms with Gasteiger partial charge in [-0.15, -0.1) is 0 Å². The number of nitro groups is 1. The Morgan fingerprint density at radius 3 is 2.39 bits per heavy atom. The van der Waals surface area contributed by atoms with E-state index in [0.29, 0.717) is 29.4 Å². The third-order valence-corrected chi connectivity index (χ3v) is 3.09. The molecule has 0 unspecified atom stereocenters. The van der Waals surface area contributed by atoms with Gasteiger partial charge in [0.05, 0.1) is 19.1 Å². The molecule has 120 valence electrons. The van der Waals surface area contributed by atoms with Crippen molar-refractivity contribution in [2.24, 2.45) is 0 Å². The molecule has 0 heterocycles. The molecule has 0 fully saturated rings. The van der Waals surface area contributed by atoms with E-state index in [1.807, 2.05) is 30.3 Å². The van der Waals surface area contributed by atoms with Crippen LogP contribution in [-0.4, -0.2) is 19.1 Å². The Kier molecular flexibility index (Phi) is 5.57. The molecule has 2 rings (SSSR count). The topological polar surface area (TPSA) is 70.8 Å². The van der Waals surface area contributed by atoms with E-state index >= 15 is 0 Å². The number of hydrogen-bond donors (Lipinski definition) is 0. The van der Waals surface area contributed by atoms with Crippen LogP contribution in [0.1, 0.15) is 11.1 Å².